The molecule has 0 bridgehead atoms. The molecule has 3 N–H and O–H groups in total. The van der Waals surface area contributed by atoms with Crippen molar-refractivity contribution in [2.75, 3.05) is 18.4 Å². The lowest BCUT2D eigenvalue weighted by Crippen LogP contribution is -2.40. The van der Waals surface area contributed by atoms with Crippen LogP contribution in [0.2, 0.25) is 0 Å². The Morgan fingerprint density at radius 1 is 1.32 bits per heavy atom. The second-order valence-electron chi connectivity index (χ2n) is 6.38. The Kier molecular flexibility index (Phi) is 5.55. The highest BCUT2D eigenvalue weighted by Crippen LogP contribution is 2.19. The van der Waals surface area contributed by atoms with Crippen LogP contribution >= 0.6 is 0 Å². The van der Waals surface area contributed by atoms with Gasteiger partial charge in [0.25, 0.3) is 0 Å². The van der Waals surface area contributed by atoms with Crippen LogP contribution in [-0.2, 0) is 17.9 Å². The number of piperidine rings is 1. The number of carbonyl (C=O) groups is 1. The molecule has 0 radical (unpaired) electrons. The lowest BCUT2D eigenvalue weighted by molar-refractivity contribution is -0.123. The van der Waals surface area contributed by atoms with Gasteiger partial charge in [-0.3, -0.25) is 9.69 Å². The van der Waals surface area contributed by atoms with Crippen LogP contribution in [-0.4, -0.2) is 33.9 Å². The lowest BCUT2D eigenvalue weighted by atomic mass is 9.97. The molecule has 1 fully saturated rings. The van der Waals surface area contributed by atoms with Crippen LogP contribution in [0.1, 0.15) is 24.0 Å². The van der Waals surface area contributed by atoms with Crippen LogP contribution < -0.4 is 11.1 Å². The molecule has 0 saturated carbocycles. The molecule has 0 aliphatic carbocycles. The summed E-state index contributed by atoms with van der Waals surface area (Å²) in [5.74, 6) is -0.313. The lowest BCUT2D eigenvalue weighted by Gasteiger charge is -2.31. The Morgan fingerprint density at radius 2 is 2.08 bits per heavy atom. The van der Waals surface area contributed by atoms with E-state index in [1.807, 2.05) is 12.1 Å². The second kappa shape index (κ2) is 8.02. The number of halogens is 1. The van der Waals surface area contributed by atoms with Gasteiger partial charge in [0.15, 0.2) is 5.82 Å². The zero-order valence-corrected chi connectivity index (χ0v) is 14.0. The molecule has 2 aromatic rings. The van der Waals surface area contributed by atoms with E-state index in [2.05, 4.69) is 32.3 Å². The van der Waals surface area contributed by atoms with Crippen molar-refractivity contribution in [2.45, 2.75) is 25.9 Å². The van der Waals surface area contributed by atoms with Gasteiger partial charge in [-0.15, -0.1) is 0 Å². The number of nitrogens with two attached hydrogens (primary N) is 1. The zero-order valence-electron chi connectivity index (χ0n) is 14.0. The number of amides is 1. The summed E-state index contributed by atoms with van der Waals surface area (Å²) in [6.45, 7) is 3.06. The molecule has 3 rings (SSSR count). The minimum Gasteiger partial charge on any atom is -0.369 e. The van der Waals surface area contributed by atoms with E-state index < -0.39 is 5.82 Å². The minimum absolute atomic E-state index is 0.0470. The first kappa shape index (κ1) is 17.3. The number of nitrogens with zero attached hydrogens (tertiary/aromatic N) is 3. The molecule has 1 aromatic carbocycles. The fraction of sp³-hybridized carbons (Fsp3) is 0.389. The van der Waals surface area contributed by atoms with Crippen LogP contribution in [0.5, 0.6) is 0 Å². The first-order valence-corrected chi connectivity index (χ1v) is 8.41. The number of hydrogen-bond donors (Lipinski definition) is 2. The monoisotopic (exact) mass is 343 g/mol. The van der Waals surface area contributed by atoms with Crippen molar-refractivity contribution in [3.05, 3.63) is 53.6 Å². The Bertz CT molecular complexity index is 722. The molecule has 1 aromatic heterocycles. The van der Waals surface area contributed by atoms with Crippen LogP contribution in [0.3, 0.4) is 0 Å². The molecule has 1 saturated heterocycles. The largest absolute Gasteiger partial charge is 0.369 e. The molecule has 2 heterocycles. The van der Waals surface area contributed by atoms with Gasteiger partial charge in [-0.25, -0.2) is 14.4 Å². The van der Waals surface area contributed by atoms with Crippen LogP contribution in [0, 0.1) is 11.7 Å². The molecule has 1 atom stereocenters. The minimum atomic E-state index is -0.455. The van der Waals surface area contributed by atoms with Gasteiger partial charge in [0.05, 0.1) is 18.3 Å². The van der Waals surface area contributed by atoms with Crippen LogP contribution in [0.4, 0.5) is 10.3 Å². The number of likely N-dealkylation sites (tertiary alicyclic amines) is 1. The van der Waals surface area contributed by atoms with Crippen molar-refractivity contribution in [2.24, 2.45) is 11.7 Å². The maximum Gasteiger partial charge on any atom is 0.223 e. The highest BCUT2D eigenvalue weighted by atomic mass is 19.1. The molecule has 132 valence electrons. The Balaban J connectivity index is 1.57. The van der Waals surface area contributed by atoms with Gasteiger partial charge in [0.2, 0.25) is 11.9 Å². The van der Waals surface area contributed by atoms with Crippen molar-refractivity contribution in [3.63, 3.8) is 0 Å². The number of aromatic nitrogens is 2. The van der Waals surface area contributed by atoms with E-state index in [9.17, 15) is 9.18 Å². The van der Waals surface area contributed by atoms with Gasteiger partial charge in [-0.1, -0.05) is 24.3 Å². The molecular weight excluding hydrogens is 321 g/mol. The summed E-state index contributed by atoms with van der Waals surface area (Å²) in [5, 5.41) is 3.08. The number of carbonyl (C=O) groups excluding carboxylic acids is 1. The fourth-order valence-electron chi connectivity index (χ4n) is 3.11. The third-order valence-corrected chi connectivity index (χ3v) is 4.38. The molecule has 1 amide bonds. The smallest absolute Gasteiger partial charge is 0.223 e. The number of rotatable bonds is 6. The quantitative estimate of drug-likeness (QED) is 0.837. The maximum atomic E-state index is 12.8. The molecule has 6 nitrogen and oxygen atoms in total. The topological polar surface area (TPSA) is 84.1 Å². The van der Waals surface area contributed by atoms with Gasteiger partial charge in [0, 0.05) is 19.6 Å². The van der Waals surface area contributed by atoms with E-state index in [0.29, 0.717) is 12.5 Å². The van der Waals surface area contributed by atoms with E-state index in [-0.39, 0.29) is 11.8 Å². The average molecular weight is 343 g/mol. The molecule has 1 aliphatic heterocycles. The highest BCUT2D eigenvalue weighted by Gasteiger charge is 2.23. The summed E-state index contributed by atoms with van der Waals surface area (Å²) in [6, 6.07) is 8.21. The number of anilines is 1. The number of primary amides is 1. The summed E-state index contributed by atoms with van der Waals surface area (Å²) in [5.41, 5.74) is 7.72. The summed E-state index contributed by atoms with van der Waals surface area (Å²) in [6.07, 6.45) is 4.15. The van der Waals surface area contributed by atoms with Crippen LogP contribution in [0.15, 0.2) is 36.7 Å². The van der Waals surface area contributed by atoms with E-state index in [1.54, 1.807) is 0 Å². The summed E-state index contributed by atoms with van der Waals surface area (Å²) in [7, 11) is 0. The first-order chi connectivity index (χ1) is 12.1. The van der Waals surface area contributed by atoms with Crippen molar-refractivity contribution in [1.82, 2.24) is 14.9 Å². The highest BCUT2D eigenvalue weighted by molar-refractivity contribution is 5.76. The van der Waals surface area contributed by atoms with Crippen molar-refractivity contribution < 1.29 is 9.18 Å². The van der Waals surface area contributed by atoms with E-state index >= 15 is 0 Å². The van der Waals surface area contributed by atoms with E-state index in [0.717, 1.165) is 50.4 Å². The van der Waals surface area contributed by atoms with Gasteiger partial charge >= 0.3 is 0 Å². The molecule has 1 unspecified atom stereocenters. The van der Waals surface area contributed by atoms with Gasteiger partial charge in [-0.05, 0) is 30.5 Å². The van der Waals surface area contributed by atoms with Gasteiger partial charge in [0.1, 0.15) is 0 Å². The Morgan fingerprint density at radius 3 is 2.84 bits per heavy atom. The molecule has 7 heteroatoms. The van der Waals surface area contributed by atoms with Crippen LogP contribution in [0.25, 0.3) is 0 Å². The number of benzene rings is 1. The Labute approximate surface area is 146 Å². The summed E-state index contributed by atoms with van der Waals surface area (Å²) < 4.78 is 12.8. The molecule has 25 heavy (non-hydrogen) atoms. The maximum absolute atomic E-state index is 12.8. The SMILES string of the molecule is NC(=O)C1CCCN(Cc2cccc(CNc3ncc(F)cn3)c2)C1. The van der Waals surface area contributed by atoms with Crippen molar-refractivity contribution in [1.29, 1.82) is 0 Å². The van der Waals surface area contributed by atoms with Gasteiger partial charge < -0.3 is 11.1 Å². The number of nitrogens with one attached hydrogen (secondary N) is 1. The normalized spacial score (nSPS) is 18.0. The van der Waals surface area contributed by atoms with Gasteiger partial charge in [-0.2, -0.15) is 0 Å². The Hall–Kier alpha value is -2.54. The standard InChI is InChI=1S/C18H22FN5O/c19-16-9-22-18(23-10-16)21-8-13-3-1-4-14(7-13)11-24-6-2-5-15(12-24)17(20)25/h1,3-4,7,9-10,15H,2,5-6,8,11-12H2,(H2,20,25)(H,21,22,23). The van der Waals surface area contributed by atoms with Crippen molar-refractivity contribution >= 4 is 11.9 Å². The molecular formula is C18H22FN5O. The second-order valence-corrected chi connectivity index (χ2v) is 6.38. The summed E-state index contributed by atoms with van der Waals surface area (Å²) >= 11 is 0. The molecule has 1 aliphatic rings. The van der Waals surface area contributed by atoms with Crippen molar-refractivity contribution in [3.8, 4) is 0 Å². The fourth-order valence-corrected chi connectivity index (χ4v) is 3.11. The average Bonchev–Trinajstić information content (AvgIpc) is 2.62. The zero-order chi connectivity index (χ0) is 17.6. The number of hydrogen-bond acceptors (Lipinski definition) is 5. The predicted molar refractivity (Wildman–Crippen MR) is 93.0 cm³/mol. The van der Waals surface area contributed by atoms with E-state index in [1.165, 1.54) is 5.56 Å². The third-order valence-electron chi connectivity index (χ3n) is 4.38. The van der Waals surface area contributed by atoms with E-state index in [4.69, 9.17) is 5.73 Å². The first-order valence-electron chi connectivity index (χ1n) is 8.41. The predicted octanol–water partition coefficient (Wildman–Crippen LogP) is 1.93. The summed E-state index contributed by atoms with van der Waals surface area (Å²) in [4.78, 5) is 21.4. The molecule has 0 spiro atoms. The third kappa shape index (κ3) is 4.96.